The van der Waals surface area contributed by atoms with E-state index in [9.17, 15) is 33.3 Å². The van der Waals surface area contributed by atoms with E-state index in [4.69, 9.17) is 9.15 Å². The number of esters is 1. The van der Waals surface area contributed by atoms with E-state index in [2.05, 4.69) is 0 Å². The smallest absolute Gasteiger partial charge is 0.419 e. The lowest BCUT2D eigenvalue weighted by molar-refractivity contribution is -0.384. The molecule has 1 aromatic heterocycles. The Morgan fingerprint density at radius 2 is 1.93 bits per heavy atom. The monoisotopic (exact) mass is 420 g/mol. The van der Waals surface area contributed by atoms with Gasteiger partial charge in [-0.2, -0.15) is 0 Å². The standard InChI is InChI=1S/C19H14F2N2O7/c20-11-3-5-13(14(21)8-11)16(24)10-29-18(25)2-1-7-22-15-6-4-12(23(27)28)9-17(15)30-19(22)26/h3-6,8-9H,1-2,7,10H2. The van der Waals surface area contributed by atoms with Crippen LogP contribution in [0.1, 0.15) is 23.2 Å². The number of benzene rings is 2. The molecule has 156 valence electrons. The fourth-order valence-electron chi connectivity index (χ4n) is 2.77. The molecule has 9 nitrogen and oxygen atoms in total. The van der Waals surface area contributed by atoms with E-state index in [1.54, 1.807) is 0 Å². The Hall–Kier alpha value is -3.89. The molecule has 30 heavy (non-hydrogen) atoms. The van der Waals surface area contributed by atoms with Gasteiger partial charge in [-0.15, -0.1) is 0 Å². The highest BCUT2D eigenvalue weighted by Crippen LogP contribution is 2.20. The van der Waals surface area contributed by atoms with Gasteiger partial charge < -0.3 is 9.15 Å². The molecule has 0 aliphatic carbocycles. The van der Waals surface area contributed by atoms with Crippen LogP contribution >= 0.6 is 0 Å². The molecule has 0 bridgehead atoms. The first kappa shape index (κ1) is 20.8. The number of ether oxygens (including phenoxy) is 1. The Labute approximate surface area is 166 Å². The third-order valence-electron chi connectivity index (χ3n) is 4.22. The van der Waals surface area contributed by atoms with Crippen LogP contribution in [0.25, 0.3) is 11.1 Å². The zero-order valence-corrected chi connectivity index (χ0v) is 15.3. The van der Waals surface area contributed by atoms with Gasteiger partial charge in [0.25, 0.3) is 5.69 Å². The lowest BCUT2D eigenvalue weighted by Crippen LogP contribution is -2.17. The van der Waals surface area contributed by atoms with Gasteiger partial charge in [0.15, 0.2) is 12.2 Å². The topological polar surface area (TPSA) is 122 Å². The van der Waals surface area contributed by atoms with Gasteiger partial charge in [0, 0.05) is 25.1 Å². The number of carbonyl (C=O) groups excluding carboxylic acids is 2. The van der Waals surface area contributed by atoms with E-state index in [-0.39, 0.29) is 30.7 Å². The normalized spacial score (nSPS) is 10.9. The van der Waals surface area contributed by atoms with Crippen molar-refractivity contribution in [2.24, 2.45) is 0 Å². The van der Waals surface area contributed by atoms with Gasteiger partial charge in [-0.05, 0) is 24.6 Å². The van der Waals surface area contributed by atoms with Crippen LogP contribution in [0, 0.1) is 21.7 Å². The minimum atomic E-state index is -1.05. The maximum absolute atomic E-state index is 13.5. The van der Waals surface area contributed by atoms with Crippen LogP contribution in [0.4, 0.5) is 14.5 Å². The summed E-state index contributed by atoms with van der Waals surface area (Å²) in [5.74, 6) is -4.19. The first-order chi connectivity index (χ1) is 14.3. The number of halogens is 2. The molecule has 0 amide bonds. The number of carbonyl (C=O) groups is 2. The molecule has 0 fully saturated rings. The third-order valence-corrected chi connectivity index (χ3v) is 4.22. The van der Waals surface area contributed by atoms with Crippen LogP contribution in [0.3, 0.4) is 0 Å². The molecule has 0 saturated heterocycles. The van der Waals surface area contributed by atoms with Gasteiger partial charge in [0.2, 0.25) is 5.78 Å². The number of nitrogens with zero attached hydrogens (tertiary/aromatic N) is 2. The van der Waals surface area contributed by atoms with Gasteiger partial charge in [-0.3, -0.25) is 24.3 Å². The van der Waals surface area contributed by atoms with Crippen molar-refractivity contribution in [1.82, 2.24) is 4.57 Å². The fraction of sp³-hybridized carbons (Fsp3) is 0.211. The number of nitro benzene ring substituents is 1. The average Bonchev–Trinajstić information content (AvgIpc) is 3.00. The van der Waals surface area contributed by atoms with Crippen molar-refractivity contribution in [3.05, 3.63) is 74.3 Å². The number of non-ortho nitro benzene ring substituents is 1. The fourth-order valence-corrected chi connectivity index (χ4v) is 2.77. The van der Waals surface area contributed by atoms with E-state index in [0.29, 0.717) is 11.6 Å². The molecule has 0 spiro atoms. The summed E-state index contributed by atoms with van der Waals surface area (Å²) < 4.78 is 37.4. The van der Waals surface area contributed by atoms with Gasteiger partial charge in [-0.1, -0.05) is 0 Å². The molecule has 0 saturated carbocycles. The lowest BCUT2D eigenvalue weighted by atomic mass is 10.1. The predicted octanol–water partition coefficient (Wildman–Crippen LogP) is 2.99. The summed E-state index contributed by atoms with van der Waals surface area (Å²) in [6.45, 7) is -0.640. The van der Waals surface area contributed by atoms with Crippen LogP contribution in [-0.4, -0.2) is 27.8 Å². The molecule has 0 aliphatic heterocycles. The molecule has 0 aliphatic rings. The molecule has 0 unspecified atom stereocenters. The number of ketones is 1. The van der Waals surface area contributed by atoms with Gasteiger partial charge in [0.05, 0.1) is 22.1 Å². The maximum Gasteiger partial charge on any atom is 0.419 e. The molecule has 0 N–H and O–H groups in total. The van der Waals surface area contributed by atoms with E-state index in [1.807, 2.05) is 0 Å². The molecular weight excluding hydrogens is 406 g/mol. The number of Topliss-reactive ketones (excluding diaryl/α,β-unsaturated/α-hetero) is 1. The van der Waals surface area contributed by atoms with Crippen molar-refractivity contribution >= 4 is 28.5 Å². The zero-order valence-electron chi connectivity index (χ0n) is 15.3. The molecule has 0 radical (unpaired) electrons. The Bertz CT molecular complexity index is 1200. The van der Waals surface area contributed by atoms with E-state index in [1.165, 1.54) is 16.7 Å². The van der Waals surface area contributed by atoms with Crippen LogP contribution in [0.5, 0.6) is 0 Å². The number of rotatable bonds is 8. The highest BCUT2D eigenvalue weighted by atomic mass is 19.1. The first-order valence-electron chi connectivity index (χ1n) is 8.68. The third kappa shape index (κ3) is 4.57. The van der Waals surface area contributed by atoms with Crippen molar-refractivity contribution < 1.29 is 32.4 Å². The second kappa shape index (κ2) is 8.64. The quantitative estimate of drug-likeness (QED) is 0.238. The summed E-state index contributed by atoms with van der Waals surface area (Å²) in [6, 6.07) is 6.15. The molecule has 2 aromatic carbocycles. The van der Waals surface area contributed by atoms with Gasteiger partial charge in [-0.25, -0.2) is 13.6 Å². The van der Waals surface area contributed by atoms with Crippen LogP contribution < -0.4 is 5.76 Å². The predicted molar refractivity (Wildman–Crippen MR) is 98.0 cm³/mol. The molecule has 1 heterocycles. The molecular formula is C19H14F2N2O7. The zero-order chi connectivity index (χ0) is 21.8. The second-order valence-electron chi connectivity index (χ2n) is 6.24. The summed E-state index contributed by atoms with van der Waals surface area (Å²) in [4.78, 5) is 45.8. The molecule has 0 atom stereocenters. The summed E-state index contributed by atoms with van der Waals surface area (Å²) in [5.41, 5.74) is -0.242. The maximum atomic E-state index is 13.5. The van der Waals surface area contributed by atoms with E-state index >= 15 is 0 Å². The molecule has 11 heteroatoms. The number of nitro groups is 1. The summed E-state index contributed by atoms with van der Waals surface area (Å²) in [6.07, 6.45) is 0.00867. The van der Waals surface area contributed by atoms with Crippen molar-refractivity contribution in [3.8, 4) is 0 Å². The van der Waals surface area contributed by atoms with Gasteiger partial charge >= 0.3 is 11.7 Å². The number of aromatic nitrogens is 1. The minimum absolute atomic E-state index is 0.0451. The number of hydrogen-bond acceptors (Lipinski definition) is 7. The Kier molecular flexibility index (Phi) is 6.00. The molecule has 3 rings (SSSR count). The highest BCUT2D eigenvalue weighted by Gasteiger charge is 2.16. The first-order valence-corrected chi connectivity index (χ1v) is 8.68. The van der Waals surface area contributed by atoms with Crippen LogP contribution in [0.15, 0.2) is 45.6 Å². The lowest BCUT2D eigenvalue weighted by Gasteiger charge is -2.06. The van der Waals surface area contributed by atoms with Crippen LogP contribution in [-0.2, 0) is 16.1 Å². The van der Waals surface area contributed by atoms with Crippen LogP contribution in [0.2, 0.25) is 0 Å². The Morgan fingerprint density at radius 1 is 1.17 bits per heavy atom. The number of aryl methyl sites for hydroxylation is 1. The summed E-state index contributed by atoms with van der Waals surface area (Å²) in [7, 11) is 0. The second-order valence-corrected chi connectivity index (χ2v) is 6.24. The van der Waals surface area contributed by atoms with Crippen molar-refractivity contribution in [2.75, 3.05) is 6.61 Å². The van der Waals surface area contributed by atoms with Crippen molar-refractivity contribution in [2.45, 2.75) is 19.4 Å². The Morgan fingerprint density at radius 3 is 2.63 bits per heavy atom. The summed E-state index contributed by atoms with van der Waals surface area (Å²) >= 11 is 0. The molecule has 3 aromatic rings. The van der Waals surface area contributed by atoms with Gasteiger partial charge in [0.1, 0.15) is 11.6 Å². The highest BCUT2D eigenvalue weighted by molar-refractivity contribution is 5.98. The Balaban J connectivity index is 1.54. The number of hydrogen-bond donors (Lipinski definition) is 0. The number of fused-ring (bicyclic) bond motifs is 1. The van der Waals surface area contributed by atoms with E-state index < -0.39 is 46.2 Å². The van der Waals surface area contributed by atoms with Crippen molar-refractivity contribution in [3.63, 3.8) is 0 Å². The SMILES string of the molecule is O=C(CCCn1c(=O)oc2cc([N+](=O)[O-])ccc21)OCC(=O)c1ccc(F)cc1F. The number of oxazole rings is 1. The van der Waals surface area contributed by atoms with E-state index in [0.717, 1.165) is 18.2 Å². The largest absolute Gasteiger partial charge is 0.457 e. The van der Waals surface area contributed by atoms with Crippen molar-refractivity contribution in [1.29, 1.82) is 0 Å². The average molecular weight is 420 g/mol. The minimum Gasteiger partial charge on any atom is -0.457 e. The summed E-state index contributed by atoms with van der Waals surface area (Å²) in [5, 5.41) is 10.8.